The van der Waals surface area contributed by atoms with Crippen LogP contribution in [0.4, 0.5) is 10.1 Å². The van der Waals surface area contributed by atoms with Gasteiger partial charge >= 0.3 is 0 Å². The number of benzene rings is 2. The van der Waals surface area contributed by atoms with Crippen LogP contribution in [0.1, 0.15) is 18.1 Å². The maximum Gasteiger partial charge on any atom is 0.175 e. The van der Waals surface area contributed by atoms with Crippen LogP contribution in [0.5, 0.6) is 0 Å². The number of hydrogen-bond acceptors (Lipinski definition) is 3. The molecule has 21 heavy (non-hydrogen) atoms. The van der Waals surface area contributed by atoms with E-state index in [1.165, 1.54) is 6.07 Å². The van der Waals surface area contributed by atoms with Gasteiger partial charge < -0.3 is 15.8 Å². The second kappa shape index (κ2) is 6.74. The molecule has 2 aromatic carbocycles. The van der Waals surface area contributed by atoms with Gasteiger partial charge in [0.25, 0.3) is 0 Å². The zero-order chi connectivity index (χ0) is 15.2. The molecule has 110 valence electrons. The summed E-state index contributed by atoms with van der Waals surface area (Å²) in [5.74, 6) is -0.732. The van der Waals surface area contributed by atoms with Crippen LogP contribution in [0.2, 0.25) is 0 Å². The van der Waals surface area contributed by atoms with E-state index in [1.54, 1.807) is 12.1 Å². The predicted molar refractivity (Wildman–Crippen MR) is 82.1 cm³/mol. The van der Waals surface area contributed by atoms with E-state index in [9.17, 15) is 4.39 Å². The third kappa shape index (κ3) is 3.31. The monoisotopic (exact) mass is 287 g/mol. The van der Waals surface area contributed by atoms with Gasteiger partial charge in [-0.25, -0.2) is 4.39 Å². The number of nitrogens with zero attached hydrogens (tertiary/aromatic N) is 2. The van der Waals surface area contributed by atoms with Gasteiger partial charge in [-0.2, -0.15) is 0 Å². The minimum atomic E-state index is -0.505. The molecule has 4 nitrogen and oxygen atoms in total. The first-order chi connectivity index (χ1) is 10.2. The Labute approximate surface area is 123 Å². The van der Waals surface area contributed by atoms with Crippen LogP contribution in [0.15, 0.2) is 53.7 Å². The highest BCUT2D eigenvalue weighted by Crippen LogP contribution is 2.24. The summed E-state index contributed by atoms with van der Waals surface area (Å²) in [6.45, 7) is 3.26. The Hall–Kier alpha value is -2.56. The number of oxime groups is 1. The van der Waals surface area contributed by atoms with Crippen molar-refractivity contribution in [2.45, 2.75) is 13.5 Å². The maximum absolute atomic E-state index is 14.0. The Balaban J connectivity index is 2.41. The van der Waals surface area contributed by atoms with Crippen molar-refractivity contribution in [1.82, 2.24) is 0 Å². The summed E-state index contributed by atoms with van der Waals surface area (Å²) >= 11 is 0. The summed E-state index contributed by atoms with van der Waals surface area (Å²) in [7, 11) is 0. The molecule has 0 spiro atoms. The summed E-state index contributed by atoms with van der Waals surface area (Å²) < 4.78 is 14.0. The molecule has 0 atom stereocenters. The number of halogens is 1. The van der Waals surface area contributed by atoms with Gasteiger partial charge in [-0.1, -0.05) is 41.6 Å². The zero-order valence-electron chi connectivity index (χ0n) is 11.8. The van der Waals surface area contributed by atoms with Crippen molar-refractivity contribution in [3.05, 3.63) is 65.5 Å². The Bertz CT molecular complexity index is 629. The molecule has 0 aliphatic heterocycles. The first-order valence-corrected chi connectivity index (χ1v) is 6.72. The minimum absolute atomic E-state index is 0.123. The van der Waals surface area contributed by atoms with Gasteiger partial charge in [0.15, 0.2) is 5.84 Å². The molecule has 0 saturated carbocycles. The molecule has 5 heteroatoms. The van der Waals surface area contributed by atoms with E-state index in [0.717, 1.165) is 5.56 Å². The fourth-order valence-corrected chi connectivity index (χ4v) is 2.25. The quantitative estimate of drug-likeness (QED) is 0.385. The van der Waals surface area contributed by atoms with Gasteiger partial charge in [0.05, 0.1) is 11.3 Å². The first-order valence-electron chi connectivity index (χ1n) is 6.72. The number of anilines is 1. The molecule has 0 unspecified atom stereocenters. The van der Waals surface area contributed by atoms with E-state index < -0.39 is 5.82 Å². The summed E-state index contributed by atoms with van der Waals surface area (Å²) in [5, 5.41) is 11.8. The van der Waals surface area contributed by atoms with Gasteiger partial charge in [0.1, 0.15) is 5.82 Å². The van der Waals surface area contributed by atoms with Crippen LogP contribution in [0.25, 0.3) is 0 Å². The molecule has 2 aromatic rings. The molecule has 0 aliphatic rings. The molecular formula is C16H18FN3O. The maximum atomic E-state index is 14.0. The Morgan fingerprint density at radius 1 is 1.19 bits per heavy atom. The van der Waals surface area contributed by atoms with Gasteiger partial charge in [-0.3, -0.25) is 0 Å². The van der Waals surface area contributed by atoms with Crippen molar-refractivity contribution in [3.8, 4) is 0 Å². The average molecular weight is 287 g/mol. The van der Waals surface area contributed by atoms with E-state index >= 15 is 0 Å². The normalized spacial score (nSPS) is 11.4. The van der Waals surface area contributed by atoms with Crippen molar-refractivity contribution in [2.75, 3.05) is 11.4 Å². The highest BCUT2D eigenvalue weighted by molar-refractivity contribution is 6.02. The molecule has 2 rings (SSSR count). The number of nitrogens with two attached hydrogens (primary N) is 1. The molecule has 0 bridgehead atoms. The minimum Gasteiger partial charge on any atom is -0.409 e. The number of hydrogen-bond donors (Lipinski definition) is 2. The fourth-order valence-electron chi connectivity index (χ4n) is 2.25. The SMILES string of the molecule is CCN(Cc1ccccc1)c1cccc(F)c1C(N)=NO. The first kappa shape index (κ1) is 14.8. The van der Waals surface area contributed by atoms with Crippen LogP contribution in [0.3, 0.4) is 0 Å². The van der Waals surface area contributed by atoms with Crippen LogP contribution >= 0.6 is 0 Å². The molecular weight excluding hydrogens is 269 g/mol. The predicted octanol–water partition coefficient (Wildman–Crippen LogP) is 2.95. The van der Waals surface area contributed by atoms with Gasteiger partial charge in [0.2, 0.25) is 0 Å². The molecule has 0 fully saturated rings. The van der Waals surface area contributed by atoms with Gasteiger partial charge in [-0.05, 0) is 24.6 Å². The van der Waals surface area contributed by atoms with Crippen LogP contribution in [-0.2, 0) is 6.54 Å². The van der Waals surface area contributed by atoms with Crippen LogP contribution in [-0.4, -0.2) is 17.6 Å². The third-order valence-electron chi connectivity index (χ3n) is 3.29. The van der Waals surface area contributed by atoms with Gasteiger partial charge in [0, 0.05) is 13.1 Å². The average Bonchev–Trinajstić information content (AvgIpc) is 2.52. The second-order valence-corrected chi connectivity index (χ2v) is 4.62. The van der Waals surface area contributed by atoms with Crippen molar-refractivity contribution in [2.24, 2.45) is 10.9 Å². The third-order valence-corrected chi connectivity index (χ3v) is 3.29. The lowest BCUT2D eigenvalue weighted by molar-refractivity contribution is 0.318. The molecule has 3 N–H and O–H groups in total. The highest BCUT2D eigenvalue weighted by Gasteiger charge is 2.17. The van der Waals surface area contributed by atoms with Crippen LogP contribution in [0, 0.1) is 5.82 Å². The molecule has 0 saturated heterocycles. The summed E-state index contributed by atoms with van der Waals surface area (Å²) in [6, 6.07) is 14.6. The molecule has 0 heterocycles. The Kier molecular flexibility index (Phi) is 4.77. The lowest BCUT2D eigenvalue weighted by Crippen LogP contribution is -2.27. The van der Waals surface area contributed by atoms with Gasteiger partial charge in [-0.15, -0.1) is 0 Å². The lowest BCUT2D eigenvalue weighted by atomic mass is 10.1. The van der Waals surface area contributed by atoms with Crippen molar-refractivity contribution in [3.63, 3.8) is 0 Å². The summed E-state index contributed by atoms with van der Waals surface area (Å²) in [6.07, 6.45) is 0. The zero-order valence-corrected chi connectivity index (χ0v) is 11.8. The van der Waals surface area contributed by atoms with E-state index in [2.05, 4.69) is 5.16 Å². The van der Waals surface area contributed by atoms with Crippen molar-refractivity contribution in [1.29, 1.82) is 0 Å². The van der Waals surface area contributed by atoms with E-state index in [-0.39, 0.29) is 11.4 Å². The van der Waals surface area contributed by atoms with Crippen molar-refractivity contribution < 1.29 is 9.60 Å². The van der Waals surface area contributed by atoms with Crippen LogP contribution < -0.4 is 10.6 Å². The molecule has 0 aliphatic carbocycles. The van der Waals surface area contributed by atoms with E-state index in [4.69, 9.17) is 10.9 Å². The summed E-state index contributed by atoms with van der Waals surface area (Å²) in [5.41, 5.74) is 7.45. The smallest absolute Gasteiger partial charge is 0.175 e. The number of rotatable bonds is 5. The Morgan fingerprint density at radius 3 is 2.52 bits per heavy atom. The standard InChI is InChI=1S/C16H18FN3O/c1-2-20(11-12-7-4-3-5-8-12)14-10-6-9-13(17)15(14)16(18)19-21/h3-10,21H,2,11H2,1H3,(H2,18,19). The fraction of sp³-hybridized carbons (Fsp3) is 0.188. The van der Waals surface area contributed by atoms with Crippen molar-refractivity contribution >= 4 is 11.5 Å². The largest absolute Gasteiger partial charge is 0.409 e. The van der Waals surface area contributed by atoms with E-state index in [1.807, 2.05) is 42.2 Å². The number of amidine groups is 1. The van der Waals surface area contributed by atoms with E-state index in [0.29, 0.717) is 18.8 Å². The molecule has 0 radical (unpaired) electrons. The summed E-state index contributed by atoms with van der Waals surface area (Å²) in [4.78, 5) is 1.98. The molecule has 0 amide bonds. The lowest BCUT2D eigenvalue weighted by Gasteiger charge is -2.25. The molecule has 0 aromatic heterocycles. The highest BCUT2D eigenvalue weighted by atomic mass is 19.1. The Morgan fingerprint density at radius 2 is 1.90 bits per heavy atom. The second-order valence-electron chi connectivity index (χ2n) is 4.62. The topological polar surface area (TPSA) is 61.8 Å².